The first-order valence-corrected chi connectivity index (χ1v) is 12.4. The number of rotatable bonds is 6. The summed E-state index contributed by atoms with van der Waals surface area (Å²) in [6.45, 7) is 1.98. The molecular weight excluding hydrogens is 420 g/mol. The molecule has 1 aromatic carbocycles. The minimum absolute atomic E-state index is 0.517. The van der Waals surface area contributed by atoms with Crippen LogP contribution in [0.25, 0.3) is 5.69 Å². The van der Waals surface area contributed by atoms with Gasteiger partial charge in [-0.05, 0) is 56.9 Å². The molecule has 1 aliphatic heterocycles. The van der Waals surface area contributed by atoms with E-state index in [1.54, 1.807) is 13.4 Å². The first kappa shape index (κ1) is 21.1. The van der Waals surface area contributed by atoms with Crippen molar-refractivity contribution in [2.45, 2.75) is 62.8 Å². The molecule has 0 spiro atoms. The summed E-state index contributed by atoms with van der Waals surface area (Å²) < 4.78 is 7.63. The standard InChI is InChI=1S/C24H30N6OS/c1-16-14-30(15-25-16)20-11-10-18(13-21(20)31-2)27-24-28-19-9-5-6-12-32-22(19)23(29-24)26-17-7-3-4-8-17/h10-11,13-15,17H,3-9,12H2,1-2H3,(H2,26,27,28,29). The number of hydrogen-bond donors (Lipinski definition) is 2. The minimum atomic E-state index is 0.517. The smallest absolute Gasteiger partial charge is 0.229 e. The van der Waals surface area contributed by atoms with Crippen LogP contribution in [-0.4, -0.2) is 38.4 Å². The molecule has 1 saturated carbocycles. The summed E-state index contributed by atoms with van der Waals surface area (Å²) in [7, 11) is 1.69. The molecule has 8 heteroatoms. The summed E-state index contributed by atoms with van der Waals surface area (Å²) >= 11 is 1.90. The van der Waals surface area contributed by atoms with E-state index in [0.717, 1.165) is 46.5 Å². The molecule has 5 rings (SSSR count). The van der Waals surface area contributed by atoms with Gasteiger partial charge in [-0.25, -0.2) is 9.97 Å². The van der Waals surface area contributed by atoms with Crippen molar-refractivity contribution >= 4 is 29.2 Å². The molecule has 2 aliphatic rings. The largest absolute Gasteiger partial charge is 0.494 e. The molecule has 2 aromatic heterocycles. The monoisotopic (exact) mass is 450 g/mol. The molecule has 3 heterocycles. The van der Waals surface area contributed by atoms with Crippen LogP contribution in [-0.2, 0) is 6.42 Å². The third-order valence-electron chi connectivity index (χ3n) is 6.11. The van der Waals surface area contributed by atoms with Gasteiger partial charge in [0.25, 0.3) is 0 Å². The van der Waals surface area contributed by atoms with Gasteiger partial charge in [0, 0.05) is 24.0 Å². The SMILES string of the molecule is COc1cc(Nc2nc3c(c(NC4CCCC4)n2)SCCCC3)ccc1-n1cnc(C)c1. The Kier molecular flexibility index (Phi) is 6.21. The van der Waals surface area contributed by atoms with Crippen molar-refractivity contribution in [3.05, 3.63) is 42.1 Å². The van der Waals surface area contributed by atoms with Crippen molar-refractivity contribution in [1.82, 2.24) is 19.5 Å². The van der Waals surface area contributed by atoms with Gasteiger partial charge in [-0.1, -0.05) is 12.8 Å². The van der Waals surface area contributed by atoms with E-state index in [0.29, 0.717) is 12.0 Å². The van der Waals surface area contributed by atoms with E-state index >= 15 is 0 Å². The number of aromatic nitrogens is 4. The fourth-order valence-corrected chi connectivity index (χ4v) is 5.56. The van der Waals surface area contributed by atoms with Crippen LogP contribution in [0.15, 0.2) is 35.6 Å². The summed E-state index contributed by atoms with van der Waals surface area (Å²) in [6, 6.07) is 6.56. The summed E-state index contributed by atoms with van der Waals surface area (Å²) in [6.07, 6.45) is 12.2. The molecular formula is C24H30N6OS. The highest BCUT2D eigenvalue weighted by Gasteiger charge is 2.22. The number of aryl methyl sites for hydroxylation is 2. The number of fused-ring (bicyclic) bond motifs is 1. The molecule has 0 amide bonds. The number of thioether (sulfide) groups is 1. The van der Waals surface area contributed by atoms with Gasteiger partial charge in [-0.3, -0.25) is 0 Å². The molecule has 0 unspecified atom stereocenters. The molecule has 168 valence electrons. The van der Waals surface area contributed by atoms with Crippen molar-refractivity contribution in [1.29, 1.82) is 0 Å². The molecule has 3 aromatic rings. The number of imidazole rings is 1. The van der Waals surface area contributed by atoms with Gasteiger partial charge in [0.15, 0.2) is 0 Å². The average molecular weight is 451 g/mol. The van der Waals surface area contributed by atoms with Gasteiger partial charge in [0.05, 0.1) is 35.4 Å². The number of benzene rings is 1. The third-order valence-corrected chi connectivity index (χ3v) is 7.32. The Labute approximate surface area is 193 Å². The molecule has 0 radical (unpaired) electrons. The Hall–Kier alpha value is -2.74. The van der Waals surface area contributed by atoms with Gasteiger partial charge in [-0.2, -0.15) is 4.98 Å². The summed E-state index contributed by atoms with van der Waals surface area (Å²) in [5, 5.41) is 7.15. The van der Waals surface area contributed by atoms with Gasteiger partial charge in [0.1, 0.15) is 11.6 Å². The second-order valence-electron chi connectivity index (χ2n) is 8.54. The van der Waals surface area contributed by atoms with E-state index in [1.807, 2.05) is 47.6 Å². The van der Waals surface area contributed by atoms with E-state index in [-0.39, 0.29) is 0 Å². The van der Waals surface area contributed by atoms with E-state index in [2.05, 4.69) is 15.6 Å². The molecule has 0 bridgehead atoms. The van der Waals surface area contributed by atoms with Crippen LogP contribution >= 0.6 is 11.8 Å². The van der Waals surface area contributed by atoms with Crippen LogP contribution in [0, 0.1) is 6.92 Å². The highest BCUT2D eigenvalue weighted by atomic mass is 32.2. The number of ether oxygens (including phenoxy) is 1. The molecule has 32 heavy (non-hydrogen) atoms. The van der Waals surface area contributed by atoms with Gasteiger partial charge in [-0.15, -0.1) is 11.8 Å². The van der Waals surface area contributed by atoms with Crippen LogP contribution < -0.4 is 15.4 Å². The first-order chi connectivity index (χ1) is 15.7. The number of anilines is 3. The summed E-state index contributed by atoms with van der Waals surface area (Å²) in [4.78, 5) is 15.4. The van der Waals surface area contributed by atoms with E-state index in [4.69, 9.17) is 14.7 Å². The van der Waals surface area contributed by atoms with E-state index in [1.165, 1.54) is 43.4 Å². The maximum Gasteiger partial charge on any atom is 0.229 e. The number of nitrogens with one attached hydrogen (secondary N) is 2. The molecule has 7 nitrogen and oxygen atoms in total. The van der Waals surface area contributed by atoms with Gasteiger partial charge < -0.3 is 19.9 Å². The Balaban J connectivity index is 1.44. The number of hydrogen-bond acceptors (Lipinski definition) is 7. The maximum absolute atomic E-state index is 5.66. The van der Waals surface area contributed by atoms with Crippen LogP contribution in [0.3, 0.4) is 0 Å². The summed E-state index contributed by atoms with van der Waals surface area (Å²) in [5.41, 5.74) is 3.97. The number of methoxy groups -OCH3 is 1. The fourth-order valence-electron chi connectivity index (χ4n) is 4.45. The molecule has 2 N–H and O–H groups in total. The molecule has 0 atom stereocenters. The van der Waals surface area contributed by atoms with Crippen LogP contribution in [0.4, 0.5) is 17.5 Å². The maximum atomic E-state index is 5.66. The predicted octanol–water partition coefficient (Wildman–Crippen LogP) is 5.51. The zero-order valence-corrected chi connectivity index (χ0v) is 19.5. The Morgan fingerprint density at radius 3 is 2.78 bits per heavy atom. The quantitative estimate of drug-likeness (QED) is 0.513. The molecule has 1 aliphatic carbocycles. The second kappa shape index (κ2) is 9.40. The first-order valence-electron chi connectivity index (χ1n) is 11.5. The second-order valence-corrected chi connectivity index (χ2v) is 9.64. The van der Waals surface area contributed by atoms with Crippen molar-refractivity contribution in [2.75, 3.05) is 23.5 Å². The predicted molar refractivity (Wildman–Crippen MR) is 130 cm³/mol. The Morgan fingerprint density at radius 1 is 1.12 bits per heavy atom. The van der Waals surface area contributed by atoms with Crippen molar-refractivity contribution in [2.24, 2.45) is 0 Å². The normalized spacial score (nSPS) is 16.4. The summed E-state index contributed by atoms with van der Waals surface area (Å²) in [5.74, 6) is 3.53. The van der Waals surface area contributed by atoms with Crippen molar-refractivity contribution < 1.29 is 4.74 Å². The Bertz CT molecular complexity index is 1090. The molecule has 0 saturated heterocycles. The van der Waals surface area contributed by atoms with Gasteiger partial charge >= 0.3 is 0 Å². The zero-order chi connectivity index (χ0) is 21.9. The Morgan fingerprint density at radius 2 is 2.00 bits per heavy atom. The number of nitrogens with zero attached hydrogens (tertiary/aromatic N) is 4. The lowest BCUT2D eigenvalue weighted by Crippen LogP contribution is -2.18. The lowest BCUT2D eigenvalue weighted by atomic mass is 10.2. The van der Waals surface area contributed by atoms with Crippen LogP contribution in [0.5, 0.6) is 5.75 Å². The third kappa shape index (κ3) is 4.55. The van der Waals surface area contributed by atoms with Gasteiger partial charge in [0.2, 0.25) is 5.95 Å². The zero-order valence-electron chi connectivity index (χ0n) is 18.7. The van der Waals surface area contributed by atoms with Crippen molar-refractivity contribution in [3.63, 3.8) is 0 Å². The lowest BCUT2D eigenvalue weighted by Gasteiger charge is -2.19. The highest BCUT2D eigenvalue weighted by molar-refractivity contribution is 7.99. The fraction of sp³-hybridized carbons (Fsp3) is 0.458. The van der Waals surface area contributed by atoms with Crippen molar-refractivity contribution in [3.8, 4) is 11.4 Å². The van der Waals surface area contributed by atoms with Crippen LogP contribution in [0.1, 0.15) is 49.9 Å². The minimum Gasteiger partial charge on any atom is -0.494 e. The van der Waals surface area contributed by atoms with Crippen LogP contribution in [0.2, 0.25) is 0 Å². The lowest BCUT2D eigenvalue weighted by molar-refractivity contribution is 0.413. The topological polar surface area (TPSA) is 76.9 Å². The average Bonchev–Trinajstić information content (AvgIpc) is 3.40. The van der Waals surface area contributed by atoms with E-state index in [9.17, 15) is 0 Å². The van der Waals surface area contributed by atoms with E-state index < -0.39 is 0 Å². The molecule has 1 fully saturated rings. The highest BCUT2D eigenvalue weighted by Crippen LogP contribution is 2.36.